The summed E-state index contributed by atoms with van der Waals surface area (Å²) in [6.07, 6.45) is 0. The second-order valence-electron chi connectivity index (χ2n) is 5.08. The average molecular weight is 360 g/mol. The molecule has 0 fully saturated rings. The minimum atomic E-state index is -3.91. The zero-order valence-corrected chi connectivity index (χ0v) is 14.5. The van der Waals surface area contributed by atoms with Gasteiger partial charge in [0.2, 0.25) is 10.0 Å². The topological polar surface area (TPSA) is 72.2 Å². The Hall–Kier alpha value is -0.0400. The maximum absolute atomic E-state index is 12.5. The van der Waals surface area contributed by atoms with E-state index in [1.807, 2.05) is 13.8 Å². The van der Waals surface area contributed by atoms with Crippen molar-refractivity contribution < 1.29 is 8.42 Å². The van der Waals surface area contributed by atoms with E-state index in [-0.39, 0.29) is 32.4 Å². The van der Waals surface area contributed by atoms with Crippen LogP contribution in [0.5, 0.6) is 0 Å². The molecule has 1 rings (SSSR count). The molecule has 0 amide bonds. The van der Waals surface area contributed by atoms with Crippen LogP contribution in [0, 0.1) is 5.92 Å². The van der Waals surface area contributed by atoms with Crippen molar-refractivity contribution in [2.45, 2.75) is 31.2 Å². The van der Waals surface area contributed by atoms with Crippen molar-refractivity contribution in [3.05, 3.63) is 27.2 Å². The molecule has 1 aromatic carbocycles. The highest BCUT2D eigenvalue weighted by atomic mass is 35.5. The number of rotatable bonds is 5. The Balaban J connectivity index is 3.32. The Morgan fingerprint density at radius 2 is 1.70 bits per heavy atom. The van der Waals surface area contributed by atoms with Gasteiger partial charge in [0.05, 0.1) is 10.0 Å². The molecule has 1 unspecified atom stereocenters. The second-order valence-corrected chi connectivity index (χ2v) is 7.95. The summed E-state index contributed by atoms with van der Waals surface area (Å²) in [5.74, 6) is -0.00729. The van der Waals surface area contributed by atoms with Crippen LogP contribution in [0.15, 0.2) is 17.0 Å². The summed E-state index contributed by atoms with van der Waals surface area (Å²) in [5, 5.41) is 0.209. The molecule has 0 bridgehead atoms. The van der Waals surface area contributed by atoms with E-state index in [1.54, 1.807) is 6.92 Å². The molecule has 0 radical (unpaired) electrons. The molecule has 3 N–H and O–H groups in total. The van der Waals surface area contributed by atoms with Crippen molar-refractivity contribution in [2.24, 2.45) is 11.7 Å². The zero-order valence-electron chi connectivity index (χ0n) is 11.4. The summed E-state index contributed by atoms with van der Waals surface area (Å²) >= 11 is 17.7. The first kappa shape index (κ1) is 18.0. The summed E-state index contributed by atoms with van der Waals surface area (Å²) < 4.78 is 27.5. The van der Waals surface area contributed by atoms with E-state index in [9.17, 15) is 8.42 Å². The smallest absolute Gasteiger partial charge is 0.244 e. The molecule has 4 nitrogen and oxygen atoms in total. The largest absolute Gasteiger partial charge is 0.329 e. The Morgan fingerprint density at radius 1 is 1.25 bits per heavy atom. The number of sulfonamides is 1. The van der Waals surface area contributed by atoms with Gasteiger partial charge in [-0.1, -0.05) is 48.7 Å². The highest BCUT2D eigenvalue weighted by Crippen LogP contribution is 2.33. The summed E-state index contributed by atoms with van der Waals surface area (Å²) in [4.78, 5) is -0.189. The Labute approximate surface area is 134 Å². The van der Waals surface area contributed by atoms with Gasteiger partial charge in [0.15, 0.2) is 0 Å². The number of nitrogens with one attached hydrogen (secondary N) is 1. The zero-order chi connectivity index (χ0) is 15.7. The molecule has 0 aliphatic rings. The molecule has 0 aliphatic heterocycles. The quantitative estimate of drug-likeness (QED) is 0.847. The van der Waals surface area contributed by atoms with Gasteiger partial charge in [0, 0.05) is 17.1 Å². The van der Waals surface area contributed by atoms with E-state index >= 15 is 0 Å². The van der Waals surface area contributed by atoms with Gasteiger partial charge in [-0.15, -0.1) is 0 Å². The Bertz CT molecular complexity index is 582. The van der Waals surface area contributed by atoms with Crippen LogP contribution < -0.4 is 10.5 Å². The van der Waals surface area contributed by atoms with Crippen LogP contribution in [0.4, 0.5) is 0 Å². The third kappa shape index (κ3) is 3.78. The highest BCUT2D eigenvalue weighted by Gasteiger charge is 2.34. The third-order valence-corrected chi connectivity index (χ3v) is 6.05. The fraction of sp³-hybridized carbons (Fsp3) is 0.500. The fourth-order valence-electron chi connectivity index (χ4n) is 1.54. The predicted molar refractivity (Wildman–Crippen MR) is 84.1 cm³/mol. The van der Waals surface area contributed by atoms with Gasteiger partial charge in [-0.05, 0) is 25.0 Å². The van der Waals surface area contributed by atoms with Gasteiger partial charge < -0.3 is 5.73 Å². The van der Waals surface area contributed by atoms with Crippen LogP contribution in [-0.2, 0) is 10.0 Å². The van der Waals surface area contributed by atoms with Gasteiger partial charge >= 0.3 is 0 Å². The molecule has 1 aromatic rings. The van der Waals surface area contributed by atoms with Crippen LogP contribution in [0.2, 0.25) is 15.1 Å². The minimum absolute atomic E-state index is 0.00729. The lowest BCUT2D eigenvalue weighted by molar-refractivity contribution is 0.315. The highest BCUT2D eigenvalue weighted by molar-refractivity contribution is 7.89. The van der Waals surface area contributed by atoms with Crippen LogP contribution >= 0.6 is 34.8 Å². The van der Waals surface area contributed by atoms with Gasteiger partial charge in [0.1, 0.15) is 4.90 Å². The molecule has 114 valence electrons. The summed E-state index contributed by atoms with van der Waals surface area (Å²) in [7, 11) is -3.91. The van der Waals surface area contributed by atoms with Crippen LogP contribution in [0.3, 0.4) is 0 Å². The van der Waals surface area contributed by atoms with Crippen LogP contribution in [-0.4, -0.2) is 20.5 Å². The summed E-state index contributed by atoms with van der Waals surface area (Å²) in [6, 6.07) is 2.66. The van der Waals surface area contributed by atoms with Crippen LogP contribution in [0.1, 0.15) is 20.8 Å². The lowest BCUT2D eigenvalue weighted by Gasteiger charge is -2.33. The number of hydrogen-bond acceptors (Lipinski definition) is 3. The molecule has 0 saturated carbocycles. The van der Waals surface area contributed by atoms with Crippen molar-refractivity contribution in [3.63, 3.8) is 0 Å². The van der Waals surface area contributed by atoms with Gasteiger partial charge in [-0.25, -0.2) is 13.1 Å². The number of halogens is 3. The maximum Gasteiger partial charge on any atom is 0.244 e. The lowest BCUT2D eigenvalue weighted by Crippen LogP contribution is -2.54. The molecule has 0 spiro atoms. The molecular formula is C12H17Cl3N2O2S. The maximum atomic E-state index is 12.5. The number of hydrogen-bond donors (Lipinski definition) is 2. The molecule has 0 saturated heterocycles. The molecule has 0 aliphatic carbocycles. The van der Waals surface area contributed by atoms with Crippen molar-refractivity contribution in [2.75, 3.05) is 6.54 Å². The molecule has 8 heteroatoms. The summed E-state index contributed by atoms with van der Waals surface area (Å²) in [6.45, 7) is 5.63. The van der Waals surface area contributed by atoms with Crippen LogP contribution in [0.25, 0.3) is 0 Å². The number of benzene rings is 1. The Morgan fingerprint density at radius 3 is 2.05 bits per heavy atom. The monoisotopic (exact) mass is 358 g/mol. The average Bonchev–Trinajstić information content (AvgIpc) is 2.25. The molecular weight excluding hydrogens is 343 g/mol. The van der Waals surface area contributed by atoms with E-state index in [0.717, 1.165) is 0 Å². The lowest BCUT2D eigenvalue weighted by atomic mass is 9.90. The fourth-order valence-corrected chi connectivity index (χ4v) is 4.63. The van der Waals surface area contributed by atoms with E-state index in [2.05, 4.69) is 4.72 Å². The Kier molecular flexibility index (Phi) is 5.75. The predicted octanol–water partition coefficient (Wildman–Crippen LogP) is 3.30. The minimum Gasteiger partial charge on any atom is -0.329 e. The molecule has 0 heterocycles. The standard InChI is InChI=1S/C12H17Cl3N2O2S/c1-7(2)12(3,6-16)17-20(18,19)11-9(14)4-8(13)5-10(11)15/h4-5,7,17H,6,16H2,1-3H3. The molecule has 20 heavy (non-hydrogen) atoms. The van der Waals surface area contributed by atoms with E-state index in [1.165, 1.54) is 12.1 Å². The first-order chi connectivity index (χ1) is 9.03. The van der Waals surface area contributed by atoms with E-state index < -0.39 is 15.6 Å². The van der Waals surface area contributed by atoms with Gasteiger partial charge in [-0.2, -0.15) is 0 Å². The molecule has 0 aromatic heterocycles. The van der Waals surface area contributed by atoms with E-state index in [0.29, 0.717) is 0 Å². The van der Waals surface area contributed by atoms with Gasteiger partial charge in [0.25, 0.3) is 0 Å². The molecule has 1 atom stereocenters. The normalized spacial score (nSPS) is 15.4. The van der Waals surface area contributed by atoms with Crippen molar-refractivity contribution in [1.29, 1.82) is 0 Å². The van der Waals surface area contributed by atoms with E-state index in [4.69, 9.17) is 40.5 Å². The van der Waals surface area contributed by atoms with Crippen molar-refractivity contribution in [3.8, 4) is 0 Å². The first-order valence-corrected chi connectivity index (χ1v) is 8.54. The second kappa shape index (κ2) is 6.38. The first-order valence-electron chi connectivity index (χ1n) is 5.92. The third-order valence-electron chi connectivity index (χ3n) is 3.30. The van der Waals surface area contributed by atoms with Crippen molar-refractivity contribution >= 4 is 44.8 Å². The van der Waals surface area contributed by atoms with Gasteiger partial charge in [-0.3, -0.25) is 0 Å². The van der Waals surface area contributed by atoms with Crippen molar-refractivity contribution in [1.82, 2.24) is 4.72 Å². The summed E-state index contributed by atoms with van der Waals surface area (Å²) in [5.41, 5.74) is 4.88. The number of nitrogens with two attached hydrogens (primary N) is 1. The SMILES string of the molecule is CC(C)C(C)(CN)NS(=O)(=O)c1c(Cl)cc(Cl)cc1Cl.